The summed E-state index contributed by atoms with van der Waals surface area (Å²) in [5.74, 6) is 0. The van der Waals surface area contributed by atoms with Gasteiger partial charge in [-0.2, -0.15) is 0 Å². The summed E-state index contributed by atoms with van der Waals surface area (Å²) in [5, 5.41) is 0. The first kappa shape index (κ1) is 21.0. The maximum Gasteiger partial charge on any atom is 0.0110 e. The van der Waals surface area contributed by atoms with Crippen molar-refractivity contribution in [3.63, 3.8) is 0 Å². The van der Waals surface area contributed by atoms with E-state index in [9.17, 15) is 0 Å². The molecule has 0 amide bonds. The minimum absolute atomic E-state index is 0. The molecule has 0 N–H and O–H groups in total. The van der Waals surface area contributed by atoms with Crippen molar-refractivity contribution >= 4 is 24.8 Å². The zero-order valence-corrected chi connectivity index (χ0v) is 15.8. The fourth-order valence-electron chi connectivity index (χ4n) is 3.10. The predicted octanol–water partition coefficient (Wildman–Crippen LogP) is 3.93. The van der Waals surface area contributed by atoms with Gasteiger partial charge in [0.1, 0.15) is 0 Å². The number of rotatable bonds is 6. The Morgan fingerprint density at radius 2 is 0.875 bits per heavy atom. The standard InChI is InChI=1S/C20H26N2.2ClH/c1-3-7-19(8-4-1)11-13-21-15-17-22(18-16-21)14-12-20-9-5-2-6-10-20;;/h1-10H,11-18H2;2*1H. The van der Waals surface area contributed by atoms with Crippen LogP contribution < -0.4 is 0 Å². The lowest BCUT2D eigenvalue weighted by Crippen LogP contribution is -2.47. The summed E-state index contributed by atoms with van der Waals surface area (Å²) >= 11 is 0. The molecule has 24 heavy (non-hydrogen) atoms. The number of nitrogens with zero attached hydrogens (tertiary/aromatic N) is 2. The van der Waals surface area contributed by atoms with Crippen molar-refractivity contribution in [1.29, 1.82) is 0 Å². The Labute approximate surface area is 158 Å². The van der Waals surface area contributed by atoms with E-state index in [1.54, 1.807) is 0 Å². The molecule has 2 aromatic rings. The molecule has 1 aliphatic rings. The molecule has 1 fully saturated rings. The lowest BCUT2D eigenvalue weighted by molar-refractivity contribution is 0.134. The first-order valence-electron chi connectivity index (χ1n) is 8.43. The molecule has 2 aromatic carbocycles. The largest absolute Gasteiger partial charge is 0.300 e. The summed E-state index contributed by atoms with van der Waals surface area (Å²) in [7, 11) is 0. The van der Waals surface area contributed by atoms with Crippen molar-refractivity contribution in [2.45, 2.75) is 12.8 Å². The first-order valence-corrected chi connectivity index (χ1v) is 8.43. The quantitative estimate of drug-likeness (QED) is 0.763. The lowest BCUT2D eigenvalue weighted by atomic mass is 10.1. The zero-order valence-electron chi connectivity index (χ0n) is 14.1. The molecule has 0 radical (unpaired) electrons. The van der Waals surface area contributed by atoms with Gasteiger partial charge in [0.15, 0.2) is 0 Å². The van der Waals surface area contributed by atoms with Crippen LogP contribution in [0.1, 0.15) is 11.1 Å². The Kier molecular flexibility index (Phi) is 10.0. The summed E-state index contributed by atoms with van der Waals surface area (Å²) in [6, 6.07) is 21.7. The molecule has 0 saturated carbocycles. The van der Waals surface area contributed by atoms with Crippen LogP contribution in [0.2, 0.25) is 0 Å². The fourth-order valence-corrected chi connectivity index (χ4v) is 3.10. The summed E-state index contributed by atoms with van der Waals surface area (Å²) in [4.78, 5) is 5.21. The minimum Gasteiger partial charge on any atom is -0.300 e. The molecular weight excluding hydrogens is 339 g/mol. The first-order chi connectivity index (χ1) is 10.9. The van der Waals surface area contributed by atoms with Gasteiger partial charge in [-0.1, -0.05) is 60.7 Å². The molecular formula is C20H28Cl2N2. The Morgan fingerprint density at radius 3 is 1.21 bits per heavy atom. The van der Waals surface area contributed by atoms with Crippen molar-refractivity contribution in [3.8, 4) is 0 Å². The van der Waals surface area contributed by atoms with Crippen LogP contribution in [0.4, 0.5) is 0 Å². The monoisotopic (exact) mass is 366 g/mol. The van der Waals surface area contributed by atoms with Crippen molar-refractivity contribution in [3.05, 3.63) is 71.8 Å². The molecule has 0 aliphatic carbocycles. The molecule has 0 bridgehead atoms. The van der Waals surface area contributed by atoms with Crippen LogP contribution >= 0.6 is 24.8 Å². The highest BCUT2D eigenvalue weighted by Gasteiger charge is 2.16. The van der Waals surface area contributed by atoms with Gasteiger partial charge in [0, 0.05) is 39.3 Å². The summed E-state index contributed by atoms with van der Waals surface area (Å²) in [6.45, 7) is 7.22. The highest BCUT2D eigenvalue weighted by molar-refractivity contribution is 5.85. The topological polar surface area (TPSA) is 6.48 Å². The highest BCUT2D eigenvalue weighted by atomic mass is 35.5. The van der Waals surface area contributed by atoms with E-state index in [0.29, 0.717) is 0 Å². The van der Waals surface area contributed by atoms with Crippen molar-refractivity contribution in [2.24, 2.45) is 0 Å². The van der Waals surface area contributed by atoms with E-state index in [1.165, 1.54) is 63.2 Å². The molecule has 1 aliphatic heterocycles. The van der Waals surface area contributed by atoms with Crippen LogP contribution in [-0.4, -0.2) is 49.1 Å². The molecule has 2 nitrogen and oxygen atoms in total. The molecule has 0 spiro atoms. The molecule has 1 heterocycles. The average molecular weight is 367 g/mol. The fraction of sp³-hybridized carbons (Fsp3) is 0.400. The zero-order chi connectivity index (χ0) is 15.0. The van der Waals surface area contributed by atoms with Crippen LogP contribution in [-0.2, 0) is 12.8 Å². The van der Waals surface area contributed by atoms with Gasteiger partial charge < -0.3 is 9.80 Å². The van der Waals surface area contributed by atoms with Gasteiger partial charge in [0.25, 0.3) is 0 Å². The van der Waals surface area contributed by atoms with Gasteiger partial charge >= 0.3 is 0 Å². The maximum absolute atomic E-state index is 2.60. The average Bonchev–Trinajstić information content (AvgIpc) is 2.61. The van der Waals surface area contributed by atoms with E-state index in [2.05, 4.69) is 70.5 Å². The van der Waals surface area contributed by atoms with Gasteiger partial charge in [-0.3, -0.25) is 0 Å². The van der Waals surface area contributed by atoms with Crippen molar-refractivity contribution in [1.82, 2.24) is 9.80 Å². The second-order valence-corrected chi connectivity index (χ2v) is 6.15. The van der Waals surface area contributed by atoms with Gasteiger partial charge in [0.2, 0.25) is 0 Å². The number of halogens is 2. The summed E-state index contributed by atoms with van der Waals surface area (Å²) in [5.41, 5.74) is 2.91. The van der Waals surface area contributed by atoms with Gasteiger partial charge in [0.05, 0.1) is 0 Å². The third-order valence-corrected chi connectivity index (χ3v) is 4.58. The van der Waals surface area contributed by atoms with Crippen LogP contribution in [0.25, 0.3) is 0 Å². The Hall–Kier alpha value is -1.06. The smallest absolute Gasteiger partial charge is 0.0110 e. The van der Waals surface area contributed by atoms with Crippen molar-refractivity contribution < 1.29 is 0 Å². The van der Waals surface area contributed by atoms with Crippen LogP contribution in [0, 0.1) is 0 Å². The molecule has 0 aromatic heterocycles. The highest BCUT2D eigenvalue weighted by Crippen LogP contribution is 2.07. The Bertz CT molecular complexity index is 489. The predicted molar refractivity (Wildman–Crippen MR) is 108 cm³/mol. The molecule has 3 rings (SSSR count). The minimum atomic E-state index is 0. The maximum atomic E-state index is 2.60. The number of hydrogen-bond acceptors (Lipinski definition) is 2. The van der Waals surface area contributed by atoms with E-state index in [1.807, 2.05) is 0 Å². The number of piperazine rings is 1. The third-order valence-electron chi connectivity index (χ3n) is 4.58. The number of hydrogen-bond donors (Lipinski definition) is 0. The second kappa shape index (κ2) is 11.5. The van der Waals surface area contributed by atoms with Crippen molar-refractivity contribution in [2.75, 3.05) is 39.3 Å². The molecule has 1 saturated heterocycles. The van der Waals surface area contributed by atoms with Gasteiger partial charge in [-0.25, -0.2) is 0 Å². The summed E-state index contributed by atoms with van der Waals surface area (Å²) in [6.07, 6.45) is 2.34. The van der Waals surface area contributed by atoms with E-state index in [-0.39, 0.29) is 24.8 Å². The van der Waals surface area contributed by atoms with Gasteiger partial charge in [-0.15, -0.1) is 24.8 Å². The van der Waals surface area contributed by atoms with E-state index in [4.69, 9.17) is 0 Å². The normalized spacial score (nSPS) is 15.3. The SMILES string of the molecule is Cl.Cl.c1ccc(CCN2CCN(CCc3ccccc3)CC2)cc1. The molecule has 4 heteroatoms. The Morgan fingerprint density at radius 1 is 0.542 bits per heavy atom. The number of benzene rings is 2. The van der Waals surface area contributed by atoms with Gasteiger partial charge in [-0.05, 0) is 24.0 Å². The lowest BCUT2D eigenvalue weighted by Gasteiger charge is -2.34. The Balaban J connectivity index is 0.00000144. The van der Waals surface area contributed by atoms with Crippen LogP contribution in [0.3, 0.4) is 0 Å². The van der Waals surface area contributed by atoms with Crippen LogP contribution in [0.15, 0.2) is 60.7 Å². The molecule has 0 atom stereocenters. The summed E-state index contributed by atoms with van der Waals surface area (Å²) < 4.78 is 0. The molecule has 132 valence electrons. The van der Waals surface area contributed by atoms with E-state index < -0.39 is 0 Å². The van der Waals surface area contributed by atoms with E-state index >= 15 is 0 Å². The van der Waals surface area contributed by atoms with E-state index in [0.717, 1.165) is 0 Å². The third kappa shape index (κ3) is 6.82. The molecule has 0 unspecified atom stereocenters. The van der Waals surface area contributed by atoms with Crippen LogP contribution in [0.5, 0.6) is 0 Å². The second-order valence-electron chi connectivity index (χ2n) is 6.15.